The van der Waals surface area contributed by atoms with Crippen molar-refractivity contribution in [3.63, 3.8) is 0 Å². The van der Waals surface area contributed by atoms with Crippen LogP contribution in [0.5, 0.6) is 11.5 Å². The highest BCUT2D eigenvalue weighted by molar-refractivity contribution is 5.86. The van der Waals surface area contributed by atoms with Gasteiger partial charge in [0.15, 0.2) is 12.7 Å². The van der Waals surface area contributed by atoms with Crippen molar-refractivity contribution >= 4 is 22.6 Å². The highest BCUT2D eigenvalue weighted by Crippen LogP contribution is 2.28. The molecule has 0 aliphatic heterocycles. The van der Waals surface area contributed by atoms with E-state index < -0.39 is 17.9 Å². The minimum Gasteiger partial charge on any atom is -0.483 e. The SMILES string of the molecule is CC[C@H](C)c1ccccc1OCC(=O)NNC(=O)[C@@H](C)Oc1ccc2ccccc2c1. The van der Waals surface area contributed by atoms with Gasteiger partial charge in [0.25, 0.3) is 11.8 Å². The smallest absolute Gasteiger partial charge is 0.279 e. The molecular weight excluding hydrogens is 392 g/mol. The molecule has 0 saturated heterocycles. The van der Waals surface area contributed by atoms with E-state index >= 15 is 0 Å². The standard InChI is InChI=1S/C25H28N2O4/c1-4-17(2)22-11-7-8-12-23(22)30-16-24(28)26-27-25(29)18(3)31-21-14-13-19-9-5-6-10-20(19)15-21/h5-15,17-18H,4,16H2,1-3H3,(H,26,28)(H,27,29)/t17-,18+/m0/s1. The Morgan fingerprint density at radius 1 is 0.903 bits per heavy atom. The number of hydrazine groups is 1. The Kier molecular flexibility index (Phi) is 7.49. The number of hydrogen-bond acceptors (Lipinski definition) is 4. The number of rotatable bonds is 8. The molecule has 2 atom stereocenters. The molecule has 0 saturated carbocycles. The summed E-state index contributed by atoms with van der Waals surface area (Å²) < 4.78 is 11.4. The van der Waals surface area contributed by atoms with E-state index in [0.29, 0.717) is 17.4 Å². The highest BCUT2D eigenvalue weighted by Gasteiger charge is 2.16. The van der Waals surface area contributed by atoms with Crippen LogP contribution in [-0.2, 0) is 9.59 Å². The quantitative estimate of drug-likeness (QED) is 0.531. The van der Waals surface area contributed by atoms with Gasteiger partial charge in [-0.1, -0.05) is 62.4 Å². The van der Waals surface area contributed by atoms with Gasteiger partial charge in [-0.05, 0) is 53.8 Å². The summed E-state index contributed by atoms with van der Waals surface area (Å²) in [6.45, 7) is 5.63. The number of carbonyl (C=O) groups excluding carboxylic acids is 2. The van der Waals surface area contributed by atoms with E-state index in [-0.39, 0.29) is 6.61 Å². The third-order valence-corrected chi connectivity index (χ3v) is 5.15. The predicted octanol–water partition coefficient (Wildman–Crippen LogP) is 4.35. The van der Waals surface area contributed by atoms with Crippen molar-refractivity contribution in [1.82, 2.24) is 10.9 Å². The Bertz CT molecular complexity index is 1050. The number of carbonyl (C=O) groups is 2. The van der Waals surface area contributed by atoms with Crippen molar-refractivity contribution in [2.45, 2.75) is 39.2 Å². The Morgan fingerprint density at radius 2 is 1.61 bits per heavy atom. The Balaban J connectivity index is 1.48. The molecular formula is C25H28N2O4. The van der Waals surface area contributed by atoms with Crippen LogP contribution in [0.1, 0.15) is 38.7 Å². The molecule has 0 aliphatic rings. The summed E-state index contributed by atoms with van der Waals surface area (Å²) in [5.41, 5.74) is 5.80. The first kappa shape index (κ1) is 22.2. The van der Waals surface area contributed by atoms with E-state index in [1.54, 1.807) is 6.92 Å². The summed E-state index contributed by atoms with van der Waals surface area (Å²) in [5, 5.41) is 2.12. The normalized spacial score (nSPS) is 12.6. The van der Waals surface area contributed by atoms with E-state index in [9.17, 15) is 9.59 Å². The van der Waals surface area contributed by atoms with E-state index in [4.69, 9.17) is 9.47 Å². The summed E-state index contributed by atoms with van der Waals surface area (Å²) >= 11 is 0. The predicted molar refractivity (Wildman–Crippen MR) is 121 cm³/mol. The lowest BCUT2D eigenvalue weighted by atomic mass is 9.98. The fourth-order valence-corrected chi connectivity index (χ4v) is 3.15. The second-order valence-corrected chi connectivity index (χ2v) is 7.44. The molecule has 0 radical (unpaired) electrons. The van der Waals surface area contributed by atoms with E-state index in [1.165, 1.54) is 0 Å². The van der Waals surface area contributed by atoms with Crippen molar-refractivity contribution < 1.29 is 19.1 Å². The average molecular weight is 421 g/mol. The molecule has 6 nitrogen and oxygen atoms in total. The van der Waals surface area contributed by atoms with Gasteiger partial charge >= 0.3 is 0 Å². The summed E-state index contributed by atoms with van der Waals surface area (Å²) in [6, 6.07) is 21.2. The van der Waals surface area contributed by atoms with Crippen LogP contribution in [0.25, 0.3) is 10.8 Å². The molecule has 31 heavy (non-hydrogen) atoms. The van der Waals surface area contributed by atoms with Crippen molar-refractivity contribution in [3.8, 4) is 11.5 Å². The zero-order valence-electron chi connectivity index (χ0n) is 18.1. The summed E-state index contributed by atoms with van der Waals surface area (Å²) in [6.07, 6.45) is 0.186. The molecule has 0 aliphatic carbocycles. The van der Waals surface area contributed by atoms with Crippen LogP contribution in [0, 0.1) is 0 Å². The first-order valence-electron chi connectivity index (χ1n) is 10.4. The molecule has 0 bridgehead atoms. The Labute approximate surface area is 182 Å². The monoisotopic (exact) mass is 420 g/mol. The molecule has 3 aromatic rings. The van der Waals surface area contributed by atoms with Gasteiger partial charge in [0, 0.05) is 0 Å². The number of para-hydroxylation sites is 1. The van der Waals surface area contributed by atoms with Crippen LogP contribution in [0.3, 0.4) is 0 Å². The number of hydrogen-bond donors (Lipinski definition) is 2. The van der Waals surface area contributed by atoms with Crippen molar-refractivity contribution in [2.24, 2.45) is 0 Å². The molecule has 162 valence electrons. The van der Waals surface area contributed by atoms with E-state index in [0.717, 1.165) is 22.8 Å². The lowest BCUT2D eigenvalue weighted by Gasteiger charge is -2.17. The first-order chi connectivity index (χ1) is 15.0. The number of amides is 2. The molecule has 0 unspecified atom stereocenters. The van der Waals surface area contributed by atoms with Crippen LogP contribution in [0.15, 0.2) is 66.7 Å². The van der Waals surface area contributed by atoms with Gasteiger partial charge in [0.05, 0.1) is 0 Å². The van der Waals surface area contributed by atoms with Crippen molar-refractivity contribution in [2.75, 3.05) is 6.61 Å². The molecule has 2 amide bonds. The second kappa shape index (κ2) is 10.5. The highest BCUT2D eigenvalue weighted by atomic mass is 16.5. The fourth-order valence-electron chi connectivity index (χ4n) is 3.15. The molecule has 2 N–H and O–H groups in total. The molecule has 0 fully saturated rings. The van der Waals surface area contributed by atoms with Gasteiger partial charge in [-0.25, -0.2) is 0 Å². The largest absolute Gasteiger partial charge is 0.483 e. The topological polar surface area (TPSA) is 76.7 Å². The maximum absolute atomic E-state index is 12.3. The van der Waals surface area contributed by atoms with Crippen molar-refractivity contribution in [1.29, 1.82) is 0 Å². The van der Waals surface area contributed by atoms with Crippen LogP contribution < -0.4 is 20.3 Å². The molecule has 6 heteroatoms. The number of nitrogens with one attached hydrogen (secondary N) is 2. The van der Waals surface area contributed by atoms with Crippen LogP contribution in [0.2, 0.25) is 0 Å². The third kappa shape index (κ3) is 5.98. The van der Waals surface area contributed by atoms with E-state index in [2.05, 4.69) is 24.7 Å². The van der Waals surface area contributed by atoms with Gasteiger partial charge < -0.3 is 9.47 Å². The number of benzene rings is 3. The number of fused-ring (bicyclic) bond motifs is 1. The third-order valence-electron chi connectivity index (χ3n) is 5.15. The summed E-state index contributed by atoms with van der Waals surface area (Å²) in [4.78, 5) is 24.4. The molecule has 0 heterocycles. The van der Waals surface area contributed by atoms with Gasteiger partial charge in [0.1, 0.15) is 11.5 Å². The minimum absolute atomic E-state index is 0.201. The zero-order valence-corrected chi connectivity index (χ0v) is 18.1. The lowest BCUT2D eigenvalue weighted by Crippen LogP contribution is -2.48. The Morgan fingerprint density at radius 3 is 2.39 bits per heavy atom. The van der Waals surface area contributed by atoms with Crippen LogP contribution in [-0.4, -0.2) is 24.5 Å². The molecule has 3 aromatic carbocycles. The summed E-state index contributed by atoms with van der Waals surface area (Å²) in [7, 11) is 0. The van der Waals surface area contributed by atoms with Gasteiger partial charge in [-0.3, -0.25) is 20.4 Å². The minimum atomic E-state index is -0.784. The van der Waals surface area contributed by atoms with E-state index in [1.807, 2.05) is 66.7 Å². The zero-order chi connectivity index (χ0) is 22.2. The van der Waals surface area contributed by atoms with Crippen molar-refractivity contribution in [3.05, 3.63) is 72.3 Å². The second-order valence-electron chi connectivity index (χ2n) is 7.44. The fraction of sp³-hybridized carbons (Fsp3) is 0.280. The Hall–Kier alpha value is -3.54. The maximum Gasteiger partial charge on any atom is 0.279 e. The summed E-state index contributed by atoms with van der Waals surface area (Å²) in [5.74, 6) is 0.669. The molecule has 0 spiro atoms. The average Bonchev–Trinajstić information content (AvgIpc) is 2.80. The van der Waals surface area contributed by atoms with Crippen LogP contribution in [0.4, 0.5) is 0 Å². The lowest BCUT2D eigenvalue weighted by molar-refractivity contribution is -0.133. The first-order valence-corrected chi connectivity index (χ1v) is 10.4. The molecule has 0 aromatic heterocycles. The molecule has 3 rings (SSSR count). The number of ether oxygens (including phenoxy) is 2. The maximum atomic E-state index is 12.3. The van der Waals surface area contributed by atoms with Gasteiger partial charge in [-0.2, -0.15) is 0 Å². The van der Waals surface area contributed by atoms with Gasteiger partial charge in [0.2, 0.25) is 0 Å². The van der Waals surface area contributed by atoms with Crippen LogP contribution >= 0.6 is 0 Å². The van der Waals surface area contributed by atoms with Gasteiger partial charge in [-0.15, -0.1) is 0 Å².